The lowest BCUT2D eigenvalue weighted by molar-refractivity contribution is 0.0376. The molecule has 1 aliphatic rings. The van der Waals surface area contributed by atoms with Crippen LogP contribution in [0.4, 0.5) is 0 Å². The van der Waals surface area contributed by atoms with E-state index in [1.54, 1.807) is 31.3 Å². The van der Waals surface area contributed by atoms with E-state index in [-0.39, 0.29) is 34.9 Å². The molecule has 1 aliphatic heterocycles. The van der Waals surface area contributed by atoms with Crippen LogP contribution in [0.25, 0.3) is 0 Å². The molecule has 0 bridgehead atoms. The van der Waals surface area contributed by atoms with Gasteiger partial charge in [-0.1, -0.05) is 12.1 Å². The molecule has 10 heteroatoms. The van der Waals surface area contributed by atoms with Crippen LogP contribution in [0.15, 0.2) is 34.2 Å². The van der Waals surface area contributed by atoms with Gasteiger partial charge in [0.15, 0.2) is 5.96 Å². The lowest BCUT2D eigenvalue weighted by atomic mass is 10.2. The summed E-state index contributed by atoms with van der Waals surface area (Å²) in [6.07, 6.45) is 0.992. The van der Waals surface area contributed by atoms with Crippen molar-refractivity contribution in [2.75, 3.05) is 46.4 Å². The van der Waals surface area contributed by atoms with Gasteiger partial charge in [0.2, 0.25) is 10.0 Å². The normalized spacial score (nSPS) is 16.1. The molecule has 166 valence electrons. The zero-order chi connectivity index (χ0) is 20.6. The summed E-state index contributed by atoms with van der Waals surface area (Å²) in [6.45, 7) is 9.48. The fourth-order valence-corrected chi connectivity index (χ4v) is 4.15. The second kappa shape index (κ2) is 12.7. The molecule has 3 N–H and O–H groups in total. The summed E-state index contributed by atoms with van der Waals surface area (Å²) in [6, 6.07) is 6.69. The van der Waals surface area contributed by atoms with E-state index >= 15 is 0 Å². The summed E-state index contributed by atoms with van der Waals surface area (Å²) in [4.78, 5) is 6.99. The number of benzene rings is 1. The molecule has 1 aromatic carbocycles. The first-order valence-electron chi connectivity index (χ1n) is 9.71. The van der Waals surface area contributed by atoms with Gasteiger partial charge < -0.3 is 15.8 Å². The van der Waals surface area contributed by atoms with E-state index in [2.05, 4.69) is 15.2 Å². The average molecular weight is 539 g/mol. The molecule has 29 heavy (non-hydrogen) atoms. The third-order valence-electron chi connectivity index (χ3n) is 4.82. The molecule has 8 nitrogen and oxygen atoms in total. The number of rotatable bonds is 9. The lowest BCUT2D eigenvalue weighted by Crippen LogP contribution is -2.39. The number of nitrogens with zero attached hydrogens (tertiary/aromatic N) is 3. The molecule has 0 amide bonds. The standard InChI is InChI=1S/C19H33N5O3S.HI/c1-16(2)23(3)28(25,26)18-7-5-17(6-8-18)15-22-19(20)21-9-4-10-24-11-13-27-14-12-24;/h5-8,16H,4,9-15H2,1-3H3,(H3,20,21,22);1H. The molecular weight excluding hydrogens is 505 g/mol. The number of sulfonamides is 1. The SMILES string of the molecule is CC(C)N(C)S(=O)(=O)c1ccc(CN=C(N)NCCCN2CCOCC2)cc1.I. The second-order valence-electron chi connectivity index (χ2n) is 7.19. The Morgan fingerprint density at radius 2 is 1.90 bits per heavy atom. The maximum absolute atomic E-state index is 12.5. The van der Waals surface area contributed by atoms with Crippen LogP contribution in [0, 0.1) is 0 Å². The minimum absolute atomic E-state index is 0. The first kappa shape index (κ1) is 26.1. The Balaban J connectivity index is 0.00000420. The molecule has 1 saturated heterocycles. The van der Waals surface area contributed by atoms with Crippen molar-refractivity contribution in [2.24, 2.45) is 10.7 Å². The maximum Gasteiger partial charge on any atom is 0.243 e. The Labute approximate surface area is 191 Å². The van der Waals surface area contributed by atoms with Crippen LogP contribution < -0.4 is 11.1 Å². The molecule has 0 aromatic heterocycles. The number of guanidine groups is 1. The summed E-state index contributed by atoms with van der Waals surface area (Å²) in [5, 5.41) is 3.12. The van der Waals surface area contributed by atoms with Gasteiger partial charge in [0.1, 0.15) is 0 Å². The van der Waals surface area contributed by atoms with Gasteiger partial charge in [-0.15, -0.1) is 24.0 Å². The Bertz CT molecular complexity index is 735. The highest BCUT2D eigenvalue weighted by molar-refractivity contribution is 14.0. The molecule has 1 fully saturated rings. The summed E-state index contributed by atoms with van der Waals surface area (Å²) < 4.78 is 31.6. The van der Waals surface area contributed by atoms with Crippen LogP contribution in [0.1, 0.15) is 25.8 Å². The van der Waals surface area contributed by atoms with E-state index in [1.807, 2.05) is 13.8 Å². The zero-order valence-corrected chi connectivity index (χ0v) is 20.7. The first-order chi connectivity index (χ1) is 13.3. The number of nitrogens with two attached hydrogens (primary N) is 1. The Morgan fingerprint density at radius 3 is 2.48 bits per heavy atom. The van der Waals surface area contributed by atoms with Gasteiger partial charge in [-0.2, -0.15) is 4.31 Å². The lowest BCUT2D eigenvalue weighted by Gasteiger charge is -2.26. The van der Waals surface area contributed by atoms with Gasteiger partial charge in [-0.3, -0.25) is 4.90 Å². The van der Waals surface area contributed by atoms with Crippen molar-refractivity contribution in [2.45, 2.75) is 37.8 Å². The molecule has 0 spiro atoms. The van der Waals surface area contributed by atoms with Gasteiger partial charge in [-0.05, 0) is 44.5 Å². The maximum atomic E-state index is 12.5. The predicted octanol–water partition coefficient (Wildman–Crippen LogP) is 1.46. The van der Waals surface area contributed by atoms with E-state index in [0.717, 1.165) is 51.4 Å². The Kier molecular flexibility index (Phi) is 11.4. The molecule has 0 unspecified atom stereocenters. The van der Waals surface area contributed by atoms with Crippen molar-refractivity contribution in [1.29, 1.82) is 0 Å². The topological polar surface area (TPSA) is 100 Å². The van der Waals surface area contributed by atoms with E-state index in [1.165, 1.54) is 4.31 Å². The van der Waals surface area contributed by atoms with Crippen molar-refractivity contribution in [3.05, 3.63) is 29.8 Å². The number of aliphatic imine (C=N–C) groups is 1. The van der Waals surface area contributed by atoms with Gasteiger partial charge in [0.25, 0.3) is 0 Å². The minimum Gasteiger partial charge on any atom is -0.379 e. The van der Waals surface area contributed by atoms with Crippen LogP contribution in [0.5, 0.6) is 0 Å². The van der Waals surface area contributed by atoms with Crippen LogP contribution in [0.2, 0.25) is 0 Å². The van der Waals surface area contributed by atoms with Crippen molar-refractivity contribution in [3.8, 4) is 0 Å². The molecule has 0 saturated carbocycles. The number of morpholine rings is 1. The van der Waals surface area contributed by atoms with Gasteiger partial charge >= 0.3 is 0 Å². The molecule has 1 heterocycles. The smallest absolute Gasteiger partial charge is 0.243 e. The van der Waals surface area contributed by atoms with Gasteiger partial charge in [0.05, 0.1) is 24.7 Å². The molecule has 0 atom stereocenters. The van der Waals surface area contributed by atoms with E-state index < -0.39 is 10.0 Å². The summed E-state index contributed by atoms with van der Waals surface area (Å²) in [5.41, 5.74) is 6.82. The third kappa shape index (κ3) is 8.36. The highest BCUT2D eigenvalue weighted by Gasteiger charge is 2.22. The van der Waals surface area contributed by atoms with Gasteiger partial charge in [-0.25, -0.2) is 13.4 Å². The number of hydrogen-bond acceptors (Lipinski definition) is 5. The van der Waals surface area contributed by atoms with Crippen LogP contribution in [-0.2, 0) is 21.3 Å². The summed E-state index contributed by atoms with van der Waals surface area (Å²) in [7, 11) is -1.88. The number of ether oxygens (including phenoxy) is 1. The van der Waals surface area contributed by atoms with Crippen molar-refractivity contribution < 1.29 is 13.2 Å². The monoisotopic (exact) mass is 539 g/mol. The number of halogens is 1. The van der Waals surface area contributed by atoms with Crippen molar-refractivity contribution >= 4 is 40.0 Å². The number of hydrogen-bond donors (Lipinski definition) is 2. The molecule has 0 radical (unpaired) electrons. The van der Waals surface area contributed by atoms with Crippen LogP contribution in [0.3, 0.4) is 0 Å². The summed E-state index contributed by atoms with van der Waals surface area (Å²) >= 11 is 0. The molecule has 2 rings (SSSR count). The quantitative estimate of drug-likeness (QED) is 0.213. The Hall–Kier alpha value is -0.950. The third-order valence-corrected chi connectivity index (χ3v) is 6.87. The predicted molar refractivity (Wildman–Crippen MR) is 127 cm³/mol. The number of nitrogens with one attached hydrogen (secondary N) is 1. The zero-order valence-electron chi connectivity index (χ0n) is 17.5. The highest BCUT2D eigenvalue weighted by Crippen LogP contribution is 2.17. The van der Waals surface area contributed by atoms with E-state index in [9.17, 15) is 8.42 Å². The molecule has 1 aromatic rings. The van der Waals surface area contributed by atoms with Crippen molar-refractivity contribution in [3.63, 3.8) is 0 Å². The highest BCUT2D eigenvalue weighted by atomic mass is 127. The molecular formula is C19H34IN5O3S. The largest absolute Gasteiger partial charge is 0.379 e. The minimum atomic E-state index is -3.46. The van der Waals surface area contributed by atoms with Crippen LogP contribution >= 0.6 is 24.0 Å². The molecule has 0 aliphatic carbocycles. The fraction of sp³-hybridized carbons (Fsp3) is 0.632. The first-order valence-corrected chi connectivity index (χ1v) is 11.2. The summed E-state index contributed by atoms with van der Waals surface area (Å²) in [5.74, 6) is 0.401. The average Bonchev–Trinajstić information content (AvgIpc) is 2.70. The van der Waals surface area contributed by atoms with E-state index in [0.29, 0.717) is 12.5 Å². The van der Waals surface area contributed by atoms with Gasteiger partial charge in [0, 0.05) is 32.7 Å². The Morgan fingerprint density at radius 1 is 1.28 bits per heavy atom. The van der Waals surface area contributed by atoms with Crippen molar-refractivity contribution in [1.82, 2.24) is 14.5 Å². The van der Waals surface area contributed by atoms with Crippen LogP contribution in [-0.4, -0.2) is 76.1 Å². The van der Waals surface area contributed by atoms with E-state index in [4.69, 9.17) is 10.5 Å². The fourth-order valence-electron chi connectivity index (χ4n) is 2.79. The second-order valence-corrected chi connectivity index (χ2v) is 9.19.